The van der Waals surface area contributed by atoms with E-state index in [1.54, 1.807) is 21.9 Å². The first kappa shape index (κ1) is 19.8. The molecule has 9 heteroatoms. The Morgan fingerprint density at radius 1 is 1.28 bits per heavy atom. The van der Waals surface area contributed by atoms with E-state index in [4.69, 9.17) is 11.5 Å². The molecule has 2 aliphatic heterocycles. The fraction of sp³-hybridized carbons (Fsp3) is 0.217. The number of aromatic nitrogens is 2. The van der Waals surface area contributed by atoms with Gasteiger partial charge in [-0.3, -0.25) is 19.5 Å². The van der Waals surface area contributed by atoms with Crippen molar-refractivity contribution in [3.05, 3.63) is 59.2 Å². The molecule has 0 aliphatic carbocycles. The minimum absolute atomic E-state index is 0.113. The molecule has 32 heavy (non-hydrogen) atoms. The first-order valence-electron chi connectivity index (χ1n) is 10.2. The number of carbonyl (C=O) groups is 3. The van der Waals surface area contributed by atoms with Gasteiger partial charge in [0, 0.05) is 30.8 Å². The second kappa shape index (κ2) is 6.94. The summed E-state index contributed by atoms with van der Waals surface area (Å²) in [5, 5.41) is 7.73. The Morgan fingerprint density at radius 3 is 2.72 bits per heavy atom. The summed E-state index contributed by atoms with van der Waals surface area (Å²) in [7, 11) is 0. The van der Waals surface area contributed by atoms with E-state index < -0.39 is 5.91 Å². The van der Waals surface area contributed by atoms with Crippen LogP contribution in [0.3, 0.4) is 0 Å². The standard InChI is InChI=1S/C23H22N6O3/c1-3-18(30)28-8-13(9-28)29-10-16-14(22(25)31)6-12(7-15(16)23(29)32)19-11(2)4-5-17-20(19)21(24)27-26-17/h3-7,13H,1,8-10H2,2H3,(H2,25,31)(H3,24,26,27). The largest absolute Gasteiger partial charge is 0.382 e. The van der Waals surface area contributed by atoms with Crippen LogP contribution in [0.25, 0.3) is 22.0 Å². The lowest BCUT2D eigenvalue weighted by Crippen LogP contribution is -2.60. The van der Waals surface area contributed by atoms with Crippen LogP contribution >= 0.6 is 0 Å². The Kier molecular flexibility index (Phi) is 4.30. The number of nitrogen functional groups attached to an aromatic ring is 1. The second-order valence-electron chi connectivity index (χ2n) is 8.24. The van der Waals surface area contributed by atoms with Gasteiger partial charge in [-0.15, -0.1) is 0 Å². The quantitative estimate of drug-likeness (QED) is 0.539. The third kappa shape index (κ3) is 2.78. The molecule has 0 atom stereocenters. The number of nitrogens with zero attached hydrogens (tertiary/aromatic N) is 3. The Morgan fingerprint density at radius 2 is 2.03 bits per heavy atom. The van der Waals surface area contributed by atoms with Gasteiger partial charge in [0.1, 0.15) is 0 Å². The summed E-state index contributed by atoms with van der Waals surface area (Å²) < 4.78 is 0. The second-order valence-corrected chi connectivity index (χ2v) is 8.24. The first-order chi connectivity index (χ1) is 15.3. The number of amides is 3. The molecule has 0 unspecified atom stereocenters. The fourth-order valence-electron chi connectivity index (χ4n) is 4.67. The van der Waals surface area contributed by atoms with Gasteiger partial charge >= 0.3 is 0 Å². The maximum Gasteiger partial charge on any atom is 0.254 e. The topological polar surface area (TPSA) is 138 Å². The maximum atomic E-state index is 13.3. The molecule has 5 rings (SSSR count). The van der Waals surface area contributed by atoms with Crippen LogP contribution < -0.4 is 11.5 Å². The summed E-state index contributed by atoms with van der Waals surface area (Å²) >= 11 is 0. The third-order valence-corrected chi connectivity index (χ3v) is 6.38. The monoisotopic (exact) mass is 430 g/mol. The molecule has 162 valence electrons. The number of rotatable bonds is 4. The number of aryl methyl sites for hydroxylation is 1. The van der Waals surface area contributed by atoms with Gasteiger partial charge in [0.2, 0.25) is 11.8 Å². The van der Waals surface area contributed by atoms with Gasteiger partial charge in [0.15, 0.2) is 5.82 Å². The van der Waals surface area contributed by atoms with Crippen LogP contribution in [0.4, 0.5) is 5.82 Å². The van der Waals surface area contributed by atoms with E-state index >= 15 is 0 Å². The molecule has 5 N–H and O–H groups in total. The molecular formula is C23H22N6O3. The number of benzene rings is 2. The van der Waals surface area contributed by atoms with Crippen LogP contribution in [0.1, 0.15) is 31.8 Å². The number of anilines is 1. The first-order valence-corrected chi connectivity index (χ1v) is 10.2. The van der Waals surface area contributed by atoms with Crippen molar-refractivity contribution in [2.24, 2.45) is 5.73 Å². The highest BCUT2D eigenvalue weighted by atomic mass is 16.2. The molecule has 1 fully saturated rings. The Balaban J connectivity index is 1.59. The molecule has 0 bridgehead atoms. The van der Waals surface area contributed by atoms with Crippen LogP contribution in [0.15, 0.2) is 36.9 Å². The van der Waals surface area contributed by atoms with Gasteiger partial charge in [-0.25, -0.2) is 0 Å². The average Bonchev–Trinajstić information content (AvgIpc) is 3.26. The zero-order valence-corrected chi connectivity index (χ0v) is 17.5. The normalized spacial score (nSPS) is 15.7. The molecule has 3 aromatic rings. The van der Waals surface area contributed by atoms with Crippen LogP contribution in [-0.4, -0.2) is 56.9 Å². The zero-order valence-electron chi connectivity index (χ0n) is 17.5. The SMILES string of the molecule is C=CC(=O)N1CC(N2Cc3c(C(N)=O)cc(-c4c(C)ccc5[nH]nc(N)c45)cc3C2=O)C1. The number of nitrogens with two attached hydrogens (primary N) is 2. The molecule has 1 saturated heterocycles. The molecule has 9 nitrogen and oxygen atoms in total. The number of likely N-dealkylation sites (tertiary alicyclic amines) is 1. The van der Waals surface area contributed by atoms with E-state index in [0.717, 1.165) is 22.0 Å². The maximum absolute atomic E-state index is 13.3. The molecular weight excluding hydrogens is 408 g/mol. The van der Waals surface area contributed by atoms with Gasteiger partial charge in [-0.05, 0) is 53.5 Å². The highest BCUT2D eigenvalue weighted by molar-refractivity contribution is 6.09. The molecule has 3 heterocycles. The smallest absolute Gasteiger partial charge is 0.254 e. The van der Waals surface area contributed by atoms with Gasteiger partial charge in [0.05, 0.1) is 16.9 Å². The summed E-state index contributed by atoms with van der Waals surface area (Å²) in [5.74, 6) is -0.592. The highest BCUT2D eigenvalue weighted by Crippen LogP contribution is 2.39. The number of aromatic amines is 1. The Bertz CT molecular complexity index is 1340. The molecule has 1 aromatic heterocycles. The minimum atomic E-state index is -0.597. The molecule has 2 aliphatic rings. The van der Waals surface area contributed by atoms with E-state index in [-0.39, 0.29) is 24.4 Å². The van der Waals surface area contributed by atoms with E-state index in [1.165, 1.54) is 6.08 Å². The summed E-state index contributed by atoms with van der Waals surface area (Å²) in [5.41, 5.74) is 16.4. The van der Waals surface area contributed by atoms with Crippen LogP contribution in [0, 0.1) is 6.92 Å². The van der Waals surface area contributed by atoms with Crippen molar-refractivity contribution < 1.29 is 14.4 Å². The van der Waals surface area contributed by atoms with Gasteiger partial charge < -0.3 is 21.3 Å². The number of H-pyrrole nitrogens is 1. The van der Waals surface area contributed by atoms with E-state index in [2.05, 4.69) is 16.8 Å². The third-order valence-electron chi connectivity index (χ3n) is 6.38. The summed E-state index contributed by atoms with van der Waals surface area (Å²) in [6, 6.07) is 7.22. The van der Waals surface area contributed by atoms with Crippen molar-refractivity contribution in [2.45, 2.75) is 19.5 Å². The van der Waals surface area contributed by atoms with Gasteiger partial charge in [0.25, 0.3) is 5.91 Å². The summed E-state index contributed by atoms with van der Waals surface area (Å²) in [6.45, 7) is 6.59. The lowest BCUT2D eigenvalue weighted by atomic mass is 9.91. The van der Waals surface area contributed by atoms with Crippen molar-refractivity contribution in [3.63, 3.8) is 0 Å². The van der Waals surface area contributed by atoms with Crippen LogP contribution in [0.2, 0.25) is 0 Å². The number of nitrogens with one attached hydrogen (secondary N) is 1. The van der Waals surface area contributed by atoms with Crippen molar-refractivity contribution >= 4 is 34.4 Å². The fourth-order valence-corrected chi connectivity index (χ4v) is 4.67. The predicted octanol–water partition coefficient (Wildman–Crippen LogP) is 1.57. The molecule has 0 saturated carbocycles. The van der Waals surface area contributed by atoms with Crippen molar-refractivity contribution in [2.75, 3.05) is 18.8 Å². The van der Waals surface area contributed by atoms with Gasteiger partial charge in [-0.2, -0.15) is 5.10 Å². The molecule has 3 amide bonds. The zero-order chi connectivity index (χ0) is 22.7. The van der Waals surface area contributed by atoms with E-state index in [9.17, 15) is 14.4 Å². The Hall–Kier alpha value is -4.14. The lowest BCUT2D eigenvalue weighted by molar-refractivity contribution is -0.132. The van der Waals surface area contributed by atoms with Crippen LogP contribution in [0.5, 0.6) is 0 Å². The highest BCUT2D eigenvalue weighted by Gasteiger charge is 2.41. The minimum Gasteiger partial charge on any atom is -0.382 e. The van der Waals surface area contributed by atoms with Gasteiger partial charge in [-0.1, -0.05) is 12.6 Å². The van der Waals surface area contributed by atoms with Crippen molar-refractivity contribution in [3.8, 4) is 11.1 Å². The van der Waals surface area contributed by atoms with E-state index in [1.807, 2.05) is 19.1 Å². The predicted molar refractivity (Wildman–Crippen MR) is 120 cm³/mol. The summed E-state index contributed by atoms with van der Waals surface area (Å²) in [6.07, 6.45) is 1.26. The lowest BCUT2D eigenvalue weighted by Gasteiger charge is -2.43. The van der Waals surface area contributed by atoms with E-state index in [0.29, 0.717) is 41.2 Å². The number of fused-ring (bicyclic) bond motifs is 2. The number of hydrogen-bond donors (Lipinski definition) is 3. The number of hydrogen-bond acceptors (Lipinski definition) is 5. The molecule has 0 spiro atoms. The average molecular weight is 430 g/mol. The Labute approximate surface area is 183 Å². The number of primary amides is 1. The molecule has 2 aromatic carbocycles. The summed E-state index contributed by atoms with van der Waals surface area (Å²) in [4.78, 5) is 40.7. The molecule has 0 radical (unpaired) electrons. The van der Waals surface area contributed by atoms with Crippen LogP contribution in [-0.2, 0) is 11.3 Å². The number of carbonyl (C=O) groups excluding carboxylic acids is 3. The van der Waals surface area contributed by atoms with Crippen molar-refractivity contribution in [1.82, 2.24) is 20.0 Å². The van der Waals surface area contributed by atoms with Crippen molar-refractivity contribution in [1.29, 1.82) is 0 Å².